The molecule has 1 amide bonds. The van der Waals surface area contributed by atoms with Crippen LogP contribution < -0.4 is 10.1 Å². The van der Waals surface area contributed by atoms with E-state index in [0.717, 1.165) is 6.54 Å². The summed E-state index contributed by atoms with van der Waals surface area (Å²) in [6, 6.07) is 0. The summed E-state index contributed by atoms with van der Waals surface area (Å²) in [7, 11) is 1.86. The first-order valence-electron chi connectivity index (χ1n) is 4.78. The molecule has 1 aromatic heterocycles. The first kappa shape index (κ1) is 10.5. The van der Waals surface area contributed by atoms with Crippen LogP contribution in [0.5, 0.6) is 0 Å². The van der Waals surface area contributed by atoms with Gasteiger partial charge in [0.15, 0.2) is 10.9 Å². The molecule has 0 unspecified atom stereocenters. The monoisotopic (exact) mass is 227 g/mol. The van der Waals surface area contributed by atoms with Gasteiger partial charge in [0.2, 0.25) is 0 Å². The van der Waals surface area contributed by atoms with Crippen LogP contribution in [-0.2, 0) is 16.6 Å². The molecule has 0 aliphatic carbocycles. The Hall–Kier alpha value is -0.980. The number of carbonyl (C=O) groups excluding carboxylic acids is 1. The van der Waals surface area contributed by atoms with Crippen molar-refractivity contribution in [3.8, 4) is 0 Å². The maximum absolute atomic E-state index is 11.7. The van der Waals surface area contributed by atoms with Crippen LogP contribution in [0.1, 0.15) is 0 Å². The maximum atomic E-state index is 11.7. The normalized spacial score (nSPS) is 23.0. The Morgan fingerprint density at radius 3 is 3.27 bits per heavy atom. The predicted molar refractivity (Wildman–Crippen MR) is 56.5 cm³/mol. The van der Waals surface area contributed by atoms with Crippen LogP contribution in [-0.4, -0.2) is 36.3 Å². The quantitative estimate of drug-likeness (QED) is 0.704. The molecule has 15 heavy (non-hydrogen) atoms. The maximum Gasteiger partial charge on any atom is 0.278 e. The van der Waals surface area contributed by atoms with E-state index in [1.807, 2.05) is 23.2 Å². The third-order valence-electron chi connectivity index (χ3n) is 2.17. The molecule has 6 heteroatoms. The van der Waals surface area contributed by atoms with Gasteiger partial charge in [-0.25, -0.2) is 0 Å². The molecule has 2 heterocycles. The van der Waals surface area contributed by atoms with Gasteiger partial charge in [0.1, 0.15) is 0 Å². The van der Waals surface area contributed by atoms with E-state index in [-0.39, 0.29) is 5.91 Å². The Morgan fingerprint density at radius 1 is 1.80 bits per heavy atom. The molecule has 1 aliphatic heterocycles. The van der Waals surface area contributed by atoms with Crippen molar-refractivity contribution < 1.29 is 9.53 Å². The highest BCUT2D eigenvalue weighted by Gasteiger charge is 2.21. The summed E-state index contributed by atoms with van der Waals surface area (Å²) in [5.74, 6) is -0.208. The van der Waals surface area contributed by atoms with E-state index in [1.165, 1.54) is 11.3 Å². The van der Waals surface area contributed by atoms with Gasteiger partial charge in [-0.05, 0) is 0 Å². The molecular formula is C9H13N3O2S. The van der Waals surface area contributed by atoms with E-state index in [2.05, 4.69) is 10.3 Å². The van der Waals surface area contributed by atoms with Crippen molar-refractivity contribution in [1.29, 1.82) is 0 Å². The lowest BCUT2D eigenvalue weighted by Gasteiger charge is -2.20. The van der Waals surface area contributed by atoms with Crippen molar-refractivity contribution in [2.45, 2.75) is 6.10 Å². The average Bonchev–Trinajstić information content (AvgIpc) is 2.66. The number of nitrogens with zero attached hydrogens (tertiary/aromatic N) is 2. The first-order chi connectivity index (χ1) is 7.27. The molecule has 0 saturated carbocycles. The van der Waals surface area contributed by atoms with Crippen LogP contribution in [0.2, 0.25) is 0 Å². The topological polar surface area (TPSA) is 55.6 Å². The van der Waals surface area contributed by atoms with Gasteiger partial charge in [-0.3, -0.25) is 4.79 Å². The standard InChI is InChI=1S/C9H13N3O2S/c1-12-3-5-15-9(12)11-8(13)7-6-10-2-4-14-7/h3,5,7,10H,2,4,6H2,1H3/t7-/m0/s1. The van der Waals surface area contributed by atoms with Crippen molar-refractivity contribution in [3.05, 3.63) is 16.4 Å². The number of rotatable bonds is 1. The van der Waals surface area contributed by atoms with E-state index in [0.29, 0.717) is 18.0 Å². The van der Waals surface area contributed by atoms with Gasteiger partial charge in [-0.15, -0.1) is 11.3 Å². The third-order valence-corrected chi connectivity index (χ3v) is 3.02. The van der Waals surface area contributed by atoms with Gasteiger partial charge >= 0.3 is 0 Å². The van der Waals surface area contributed by atoms with Crippen LogP contribution >= 0.6 is 11.3 Å². The summed E-state index contributed by atoms with van der Waals surface area (Å²) in [5, 5.41) is 5.00. The lowest BCUT2D eigenvalue weighted by Crippen LogP contribution is -2.43. The van der Waals surface area contributed by atoms with E-state index in [1.54, 1.807) is 0 Å². The van der Waals surface area contributed by atoms with Gasteiger partial charge < -0.3 is 14.6 Å². The molecule has 2 rings (SSSR count). The Labute approximate surface area is 91.4 Å². The zero-order chi connectivity index (χ0) is 10.7. The minimum absolute atomic E-state index is 0.208. The van der Waals surface area contributed by atoms with Gasteiger partial charge in [0.25, 0.3) is 5.91 Å². The number of hydrogen-bond donors (Lipinski definition) is 1. The highest BCUT2D eigenvalue weighted by molar-refractivity contribution is 7.07. The van der Waals surface area contributed by atoms with Crippen molar-refractivity contribution in [2.75, 3.05) is 19.7 Å². The Morgan fingerprint density at radius 2 is 2.67 bits per heavy atom. The fourth-order valence-electron chi connectivity index (χ4n) is 1.32. The molecule has 5 nitrogen and oxygen atoms in total. The van der Waals surface area contributed by atoms with E-state index in [9.17, 15) is 4.79 Å². The fraction of sp³-hybridized carbons (Fsp3) is 0.556. The molecule has 1 aliphatic rings. The van der Waals surface area contributed by atoms with E-state index in [4.69, 9.17) is 4.74 Å². The molecule has 1 fully saturated rings. The second-order valence-electron chi connectivity index (χ2n) is 3.31. The van der Waals surface area contributed by atoms with Gasteiger partial charge in [-0.1, -0.05) is 0 Å². The lowest BCUT2D eigenvalue weighted by atomic mass is 10.3. The number of thiazole rings is 1. The Balaban J connectivity index is 2.12. The van der Waals surface area contributed by atoms with Crippen LogP contribution in [0.4, 0.5) is 0 Å². The van der Waals surface area contributed by atoms with Crippen molar-refractivity contribution in [2.24, 2.45) is 12.0 Å². The number of aryl methyl sites for hydroxylation is 1. The highest BCUT2D eigenvalue weighted by atomic mass is 32.1. The molecule has 1 atom stereocenters. The predicted octanol–water partition coefficient (Wildman–Crippen LogP) is -0.498. The third kappa shape index (κ3) is 2.53. The molecule has 1 aromatic rings. The Bertz CT molecular complexity index is 403. The van der Waals surface area contributed by atoms with Crippen molar-refractivity contribution in [3.63, 3.8) is 0 Å². The summed E-state index contributed by atoms with van der Waals surface area (Å²) in [4.78, 5) is 16.4. The summed E-state index contributed by atoms with van der Waals surface area (Å²) >= 11 is 1.44. The number of morpholine rings is 1. The molecule has 1 N–H and O–H groups in total. The van der Waals surface area contributed by atoms with Crippen LogP contribution in [0.15, 0.2) is 16.6 Å². The van der Waals surface area contributed by atoms with Gasteiger partial charge in [-0.2, -0.15) is 4.99 Å². The summed E-state index contributed by atoms with van der Waals surface area (Å²) in [6.45, 7) is 1.93. The van der Waals surface area contributed by atoms with Crippen LogP contribution in [0.25, 0.3) is 0 Å². The highest BCUT2D eigenvalue weighted by Crippen LogP contribution is 1.98. The summed E-state index contributed by atoms with van der Waals surface area (Å²) in [6.07, 6.45) is 1.44. The Kier molecular flexibility index (Phi) is 3.30. The van der Waals surface area contributed by atoms with Crippen molar-refractivity contribution in [1.82, 2.24) is 9.88 Å². The molecule has 0 bridgehead atoms. The number of aromatic nitrogens is 1. The molecule has 0 spiro atoms. The molecule has 0 aromatic carbocycles. The molecule has 1 saturated heterocycles. The minimum atomic E-state index is -0.430. The number of hydrogen-bond acceptors (Lipinski definition) is 4. The number of ether oxygens (including phenoxy) is 1. The van der Waals surface area contributed by atoms with Gasteiger partial charge in [0.05, 0.1) is 6.61 Å². The zero-order valence-electron chi connectivity index (χ0n) is 8.47. The minimum Gasteiger partial charge on any atom is -0.366 e. The summed E-state index contributed by atoms with van der Waals surface area (Å²) in [5.41, 5.74) is 0. The van der Waals surface area contributed by atoms with E-state index >= 15 is 0 Å². The molecule has 82 valence electrons. The lowest BCUT2D eigenvalue weighted by molar-refractivity contribution is -0.130. The fourth-order valence-corrected chi connectivity index (χ4v) is 2.06. The SMILES string of the molecule is Cn1ccsc1=NC(=O)[C@@H]1CNCCO1. The van der Waals surface area contributed by atoms with Gasteiger partial charge in [0, 0.05) is 31.7 Å². The second-order valence-corrected chi connectivity index (χ2v) is 4.18. The molecular weight excluding hydrogens is 214 g/mol. The largest absolute Gasteiger partial charge is 0.366 e. The first-order valence-corrected chi connectivity index (χ1v) is 5.66. The van der Waals surface area contributed by atoms with Crippen molar-refractivity contribution >= 4 is 17.2 Å². The summed E-state index contributed by atoms with van der Waals surface area (Å²) < 4.78 is 7.14. The smallest absolute Gasteiger partial charge is 0.278 e. The zero-order valence-corrected chi connectivity index (χ0v) is 9.29. The number of nitrogens with one attached hydrogen (secondary N) is 1. The van der Waals surface area contributed by atoms with Crippen LogP contribution in [0.3, 0.4) is 0 Å². The van der Waals surface area contributed by atoms with Crippen LogP contribution in [0, 0.1) is 0 Å². The number of carbonyl (C=O) groups is 1. The van der Waals surface area contributed by atoms with E-state index < -0.39 is 6.10 Å². The molecule has 0 radical (unpaired) electrons. The number of amides is 1. The average molecular weight is 227 g/mol. The second kappa shape index (κ2) is 4.69.